The quantitative estimate of drug-likeness (QED) is 0.924. The number of benzene rings is 1. The molecular weight excluding hydrogens is 320 g/mol. The zero-order valence-electron chi connectivity index (χ0n) is 12.2. The minimum atomic E-state index is -0.153. The molecule has 0 aliphatic carbocycles. The third kappa shape index (κ3) is 3.48. The molecule has 116 valence electrons. The number of ether oxygens (including phenoxy) is 1. The van der Waals surface area contributed by atoms with Gasteiger partial charge in [0.1, 0.15) is 10.7 Å². The highest BCUT2D eigenvalue weighted by Gasteiger charge is 2.24. The van der Waals surface area contributed by atoms with Crippen molar-refractivity contribution in [2.24, 2.45) is 0 Å². The van der Waals surface area contributed by atoms with Crippen molar-refractivity contribution >= 4 is 28.8 Å². The molecule has 6 heteroatoms. The van der Waals surface area contributed by atoms with E-state index in [4.69, 9.17) is 16.3 Å². The summed E-state index contributed by atoms with van der Waals surface area (Å²) in [6.07, 6.45) is 2.16. The predicted molar refractivity (Wildman–Crippen MR) is 88.5 cm³/mol. The van der Waals surface area contributed by atoms with Crippen LogP contribution in [0.5, 0.6) is 0 Å². The molecule has 1 N–H and O–H groups in total. The summed E-state index contributed by atoms with van der Waals surface area (Å²) in [6, 6.07) is 7.43. The van der Waals surface area contributed by atoms with Gasteiger partial charge in [0.15, 0.2) is 0 Å². The summed E-state index contributed by atoms with van der Waals surface area (Å²) in [5.41, 5.74) is 1.40. The second-order valence-electron chi connectivity index (χ2n) is 5.36. The van der Waals surface area contributed by atoms with Gasteiger partial charge >= 0.3 is 0 Å². The van der Waals surface area contributed by atoms with Crippen LogP contribution in [0.3, 0.4) is 0 Å². The van der Waals surface area contributed by atoms with Gasteiger partial charge in [-0.25, -0.2) is 4.98 Å². The van der Waals surface area contributed by atoms with E-state index in [1.165, 1.54) is 11.3 Å². The van der Waals surface area contributed by atoms with Crippen LogP contribution in [0, 0.1) is 0 Å². The minimum Gasteiger partial charge on any atom is -0.376 e. The molecule has 0 radical (unpaired) electrons. The van der Waals surface area contributed by atoms with Gasteiger partial charge in [-0.1, -0.05) is 23.7 Å². The Hall–Kier alpha value is -1.43. The van der Waals surface area contributed by atoms with Gasteiger partial charge in [-0.3, -0.25) is 4.79 Å². The summed E-state index contributed by atoms with van der Waals surface area (Å²) in [7, 11) is 0. The number of carbonyl (C=O) groups is 1. The van der Waals surface area contributed by atoms with Crippen molar-refractivity contribution in [3.63, 3.8) is 0 Å². The molecule has 1 fully saturated rings. The maximum Gasteiger partial charge on any atom is 0.271 e. The lowest BCUT2D eigenvalue weighted by molar-refractivity contribution is 0.0710. The summed E-state index contributed by atoms with van der Waals surface area (Å²) in [5, 5.41) is 6.25. The standard InChI is InChI=1S/C16H17ClN2O2S/c1-10(14-3-2-8-21-14)18-15(20)13-9-22-16(19-13)11-4-6-12(17)7-5-11/h4-7,9-10,14H,2-3,8H2,1H3,(H,18,20). The first-order valence-electron chi connectivity index (χ1n) is 7.27. The molecule has 2 atom stereocenters. The molecule has 1 aromatic carbocycles. The topological polar surface area (TPSA) is 51.2 Å². The molecule has 2 heterocycles. The van der Waals surface area contributed by atoms with E-state index in [-0.39, 0.29) is 18.1 Å². The van der Waals surface area contributed by atoms with Crippen LogP contribution in [0.1, 0.15) is 30.3 Å². The first-order chi connectivity index (χ1) is 10.6. The van der Waals surface area contributed by atoms with Gasteiger partial charge in [0.05, 0.1) is 12.1 Å². The Morgan fingerprint density at radius 3 is 2.91 bits per heavy atom. The lowest BCUT2D eigenvalue weighted by atomic mass is 10.1. The van der Waals surface area contributed by atoms with Crippen LogP contribution >= 0.6 is 22.9 Å². The van der Waals surface area contributed by atoms with Crippen LogP contribution in [0.4, 0.5) is 0 Å². The lowest BCUT2D eigenvalue weighted by Crippen LogP contribution is -2.40. The summed E-state index contributed by atoms with van der Waals surface area (Å²) >= 11 is 7.33. The van der Waals surface area contributed by atoms with Gasteiger partial charge in [-0.2, -0.15) is 0 Å². The molecule has 0 spiro atoms. The number of halogens is 1. The van der Waals surface area contributed by atoms with E-state index in [0.29, 0.717) is 10.7 Å². The molecule has 0 bridgehead atoms. The maximum atomic E-state index is 12.3. The van der Waals surface area contributed by atoms with E-state index in [2.05, 4.69) is 10.3 Å². The number of aromatic nitrogens is 1. The Bertz CT molecular complexity index is 650. The first-order valence-corrected chi connectivity index (χ1v) is 8.53. The highest BCUT2D eigenvalue weighted by atomic mass is 35.5. The number of nitrogens with zero attached hydrogens (tertiary/aromatic N) is 1. The van der Waals surface area contributed by atoms with Crippen molar-refractivity contribution in [2.75, 3.05) is 6.61 Å². The summed E-state index contributed by atoms with van der Waals surface area (Å²) in [5.74, 6) is -0.153. The molecule has 22 heavy (non-hydrogen) atoms. The van der Waals surface area contributed by atoms with E-state index in [9.17, 15) is 4.79 Å². The number of rotatable bonds is 4. The van der Waals surface area contributed by atoms with Crippen molar-refractivity contribution in [1.82, 2.24) is 10.3 Å². The monoisotopic (exact) mass is 336 g/mol. The Morgan fingerprint density at radius 1 is 1.45 bits per heavy atom. The zero-order chi connectivity index (χ0) is 15.5. The number of thiazole rings is 1. The molecule has 1 aliphatic heterocycles. The third-order valence-corrected chi connectivity index (χ3v) is 4.85. The Labute approximate surface area is 138 Å². The van der Waals surface area contributed by atoms with E-state index >= 15 is 0 Å². The minimum absolute atomic E-state index is 0.00400. The SMILES string of the molecule is CC(NC(=O)c1csc(-c2ccc(Cl)cc2)n1)C1CCCO1. The van der Waals surface area contributed by atoms with Gasteiger partial charge in [0, 0.05) is 22.6 Å². The van der Waals surface area contributed by atoms with Crippen LogP contribution in [0.15, 0.2) is 29.6 Å². The molecule has 2 aromatic rings. The molecule has 2 unspecified atom stereocenters. The molecule has 1 amide bonds. The smallest absolute Gasteiger partial charge is 0.271 e. The van der Waals surface area contributed by atoms with E-state index in [1.807, 2.05) is 31.2 Å². The van der Waals surface area contributed by atoms with Crippen LogP contribution in [0.2, 0.25) is 5.02 Å². The number of amides is 1. The number of hydrogen-bond donors (Lipinski definition) is 1. The summed E-state index contributed by atoms with van der Waals surface area (Å²) in [6.45, 7) is 2.75. The molecule has 3 rings (SSSR count). The molecule has 0 saturated carbocycles. The van der Waals surface area contributed by atoms with Crippen LogP contribution in [-0.2, 0) is 4.74 Å². The van der Waals surface area contributed by atoms with Crippen molar-refractivity contribution in [1.29, 1.82) is 0 Å². The zero-order valence-corrected chi connectivity index (χ0v) is 13.8. The van der Waals surface area contributed by atoms with Crippen molar-refractivity contribution in [3.05, 3.63) is 40.4 Å². The second kappa shape index (κ2) is 6.77. The molecule has 1 saturated heterocycles. The van der Waals surface area contributed by atoms with Crippen molar-refractivity contribution < 1.29 is 9.53 Å². The Morgan fingerprint density at radius 2 is 2.23 bits per heavy atom. The third-order valence-electron chi connectivity index (χ3n) is 3.71. The van der Waals surface area contributed by atoms with Gasteiger partial charge in [-0.05, 0) is 31.9 Å². The predicted octanol–water partition coefficient (Wildman–Crippen LogP) is 3.76. The fourth-order valence-electron chi connectivity index (χ4n) is 2.47. The van der Waals surface area contributed by atoms with Gasteiger partial charge < -0.3 is 10.1 Å². The van der Waals surface area contributed by atoms with Crippen LogP contribution < -0.4 is 5.32 Å². The fourth-order valence-corrected chi connectivity index (χ4v) is 3.41. The Kier molecular flexibility index (Phi) is 4.76. The maximum absolute atomic E-state index is 12.3. The van der Waals surface area contributed by atoms with Gasteiger partial charge in [0.2, 0.25) is 0 Å². The van der Waals surface area contributed by atoms with Crippen LogP contribution in [0.25, 0.3) is 10.6 Å². The summed E-state index contributed by atoms with van der Waals surface area (Å²) in [4.78, 5) is 16.7. The number of nitrogens with one attached hydrogen (secondary N) is 1. The lowest BCUT2D eigenvalue weighted by Gasteiger charge is -2.19. The van der Waals surface area contributed by atoms with E-state index < -0.39 is 0 Å². The second-order valence-corrected chi connectivity index (χ2v) is 6.65. The average Bonchev–Trinajstić information content (AvgIpc) is 3.20. The molecular formula is C16H17ClN2O2S. The highest BCUT2D eigenvalue weighted by molar-refractivity contribution is 7.13. The molecule has 4 nitrogen and oxygen atoms in total. The van der Waals surface area contributed by atoms with Crippen molar-refractivity contribution in [2.45, 2.75) is 31.9 Å². The fraction of sp³-hybridized carbons (Fsp3) is 0.375. The Balaban J connectivity index is 1.67. The largest absolute Gasteiger partial charge is 0.376 e. The molecule has 1 aliphatic rings. The van der Waals surface area contributed by atoms with E-state index in [0.717, 1.165) is 30.0 Å². The summed E-state index contributed by atoms with van der Waals surface area (Å²) < 4.78 is 5.59. The van der Waals surface area contributed by atoms with Gasteiger partial charge in [0.25, 0.3) is 5.91 Å². The van der Waals surface area contributed by atoms with Crippen LogP contribution in [-0.4, -0.2) is 29.6 Å². The van der Waals surface area contributed by atoms with Crippen molar-refractivity contribution in [3.8, 4) is 10.6 Å². The average molecular weight is 337 g/mol. The number of hydrogen-bond acceptors (Lipinski definition) is 4. The molecule has 1 aromatic heterocycles. The highest BCUT2D eigenvalue weighted by Crippen LogP contribution is 2.25. The van der Waals surface area contributed by atoms with E-state index in [1.54, 1.807) is 5.38 Å². The number of carbonyl (C=O) groups excluding carboxylic acids is 1. The normalized spacial score (nSPS) is 19.1. The van der Waals surface area contributed by atoms with Gasteiger partial charge in [-0.15, -0.1) is 11.3 Å². The first kappa shape index (κ1) is 15.5.